The van der Waals surface area contributed by atoms with Gasteiger partial charge in [0.25, 0.3) is 5.91 Å². The molecule has 0 aliphatic carbocycles. The van der Waals surface area contributed by atoms with E-state index in [1.54, 1.807) is 26.0 Å². The van der Waals surface area contributed by atoms with Crippen LogP contribution in [0.4, 0.5) is 10.5 Å². The van der Waals surface area contributed by atoms with Crippen LogP contribution in [-0.4, -0.2) is 61.1 Å². The van der Waals surface area contributed by atoms with Crippen molar-refractivity contribution >= 4 is 33.6 Å². The maximum atomic E-state index is 12.8. The molecule has 10 heteroatoms. The SMILES string of the molecule is CC(C)C1NC(=O)N(CC(=O)Nc2cccc(S(=O)(=O)N3CCCCC3)c2)C1=O. The molecule has 2 aliphatic heterocycles. The largest absolute Gasteiger partial charge is 0.326 e. The summed E-state index contributed by atoms with van der Waals surface area (Å²) in [6.45, 7) is 4.16. The number of hydrogen-bond acceptors (Lipinski definition) is 5. The van der Waals surface area contributed by atoms with E-state index in [1.807, 2.05) is 0 Å². The first-order valence-corrected chi connectivity index (χ1v) is 11.2. The van der Waals surface area contributed by atoms with Crippen LogP contribution in [0.25, 0.3) is 0 Å². The van der Waals surface area contributed by atoms with Crippen LogP contribution in [0.15, 0.2) is 29.2 Å². The maximum Gasteiger partial charge on any atom is 0.325 e. The smallest absolute Gasteiger partial charge is 0.325 e. The van der Waals surface area contributed by atoms with Gasteiger partial charge in [-0.15, -0.1) is 0 Å². The molecule has 29 heavy (non-hydrogen) atoms. The maximum absolute atomic E-state index is 12.8. The number of sulfonamides is 1. The van der Waals surface area contributed by atoms with E-state index in [0.29, 0.717) is 18.8 Å². The second-order valence-corrected chi connectivity index (χ2v) is 9.57. The number of hydrogen-bond donors (Lipinski definition) is 2. The number of carbonyl (C=O) groups is 3. The number of piperidine rings is 1. The van der Waals surface area contributed by atoms with Crippen molar-refractivity contribution in [2.24, 2.45) is 5.92 Å². The summed E-state index contributed by atoms with van der Waals surface area (Å²) in [5, 5.41) is 5.13. The molecule has 158 valence electrons. The van der Waals surface area contributed by atoms with Gasteiger partial charge in [-0.2, -0.15) is 4.31 Å². The van der Waals surface area contributed by atoms with Gasteiger partial charge in [0.2, 0.25) is 15.9 Å². The molecule has 1 aromatic carbocycles. The summed E-state index contributed by atoms with van der Waals surface area (Å²) >= 11 is 0. The summed E-state index contributed by atoms with van der Waals surface area (Å²) in [7, 11) is -3.62. The fraction of sp³-hybridized carbons (Fsp3) is 0.526. The zero-order chi connectivity index (χ0) is 21.2. The first kappa shape index (κ1) is 21.3. The number of nitrogens with zero attached hydrogens (tertiary/aromatic N) is 2. The van der Waals surface area contributed by atoms with Gasteiger partial charge in [-0.05, 0) is 37.0 Å². The van der Waals surface area contributed by atoms with Crippen molar-refractivity contribution in [1.82, 2.24) is 14.5 Å². The van der Waals surface area contributed by atoms with Gasteiger partial charge in [-0.25, -0.2) is 13.2 Å². The second kappa shape index (κ2) is 8.50. The van der Waals surface area contributed by atoms with Gasteiger partial charge in [-0.1, -0.05) is 26.3 Å². The Morgan fingerprint density at radius 1 is 1.21 bits per heavy atom. The van der Waals surface area contributed by atoms with Crippen LogP contribution in [0.2, 0.25) is 0 Å². The number of anilines is 1. The molecule has 2 saturated heterocycles. The summed E-state index contributed by atoms with van der Waals surface area (Å²) in [6.07, 6.45) is 2.68. The minimum absolute atomic E-state index is 0.0869. The van der Waals surface area contributed by atoms with E-state index in [9.17, 15) is 22.8 Å². The molecule has 2 aliphatic rings. The molecular formula is C19H26N4O5S. The fourth-order valence-corrected chi connectivity index (χ4v) is 5.04. The van der Waals surface area contributed by atoms with Gasteiger partial charge in [0.15, 0.2) is 0 Å². The zero-order valence-electron chi connectivity index (χ0n) is 16.6. The van der Waals surface area contributed by atoms with Gasteiger partial charge >= 0.3 is 6.03 Å². The molecule has 1 aromatic rings. The van der Waals surface area contributed by atoms with E-state index in [0.717, 1.165) is 24.2 Å². The van der Waals surface area contributed by atoms with Crippen LogP contribution in [0.3, 0.4) is 0 Å². The Morgan fingerprint density at radius 2 is 1.90 bits per heavy atom. The van der Waals surface area contributed by atoms with E-state index in [1.165, 1.54) is 16.4 Å². The number of carbonyl (C=O) groups excluding carboxylic acids is 3. The molecule has 0 bridgehead atoms. The number of urea groups is 1. The zero-order valence-corrected chi connectivity index (χ0v) is 17.4. The highest BCUT2D eigenvalue weighted by molar-refractivity contribution is 7.89. The molecule has 3 rings (SSSR count). The van der Waals surface area contributed by atoms with Crippen molar-refractivity contribution in [3.8, 4) is 0 Å². The Kier molecular flexibility index (Phi) is 6.23. The highest BCUT2D eigenvalue weighted by Gasteiger charge is 2.40. The van der Waals surface area contributed by atoms with Crippen molar-refractivity contribution in [1.29, 1.82) is 0 Å². The number of amides is 4. The quantitative estimate of drug-likeness (QED) is 0.672. The second-order valence-electron chi connectivity index (χ2n) is 7.64. The molecule has 9 nitrogen and oxygen atoms in total. The third-order valence-electron chi connectivity index (χ3n) is 5.10. The van der Waals surface area contributed by atoms with Crippen LogP contribution in [-0.2, 0) is 19.6 Å². The minimum Gasteiger partial charge on any atom is -0.326 e. The van der Waals surface area contributed by atoms with Gasteiger partial charge in [-0.3, -0.25) is 14.5 Å². The van der Waals surface area contributed by atoms with Gasteiger partial charge in [0.05, 0.1) is 4.90 Å². The minimum atomic E-state index is -3.62. The molecule has 0 aromatic heterocycles. The standard InChI is InChI=1S/C19H26N4O5S/c1-13(2)17-18(25)23(19(26)21-17)12-16(24)20-14-7-6-8-15(11-14)29(27,28)22-9-4-3-5-10-22/h6-8,11,13,17H,3-5,9-10,12H2,1-2H3,(H,20,24)(H,21,26). The molecular weight excluding hydrogens is 396 g/mol. The molecule has 2 fully saturated rings. The molecule has 0 saturated carbocycles. The lowest BCUT2D eigenvalue weighted by atomic mass is 10.1. The topological polar surface area (TPSA) is 116 Å². The normalized spacial score (nSPS) is 20.8. The van der Waals surface area contributed by atoms with Crippen LogP contribution in [0.1, 0.15) is 33.1 Å². The number of benzene rings is 1. The number of nitrogens with one attached hydrogen (secondary N) is 2. The molecule has 1 atom stereocenters. The van der Waals surface area contributed by atoms with Gasteiger partial charge < -0.3 is 10.6 Å². The van der Waals surface area contributed by atoms with Crippen LogP contribution < -0.4 is 10.6 Å². The first-order chi connectivity index (χ1) is 13.7. The summed E-state index contributed by atoms with van der Waals surface area (Å²) in [6, 6.07) is 4.75. The Labute approximate surface area is 170 Å². The van der Waals surface area contributed by atoms with Crippen molar-refractivity contribution in [2.75, 3.05) is 25.0 Å². The number of imide groups is 1. The van der Waals surface area contributed by atoms with Crippen molar-refractivity contribution in [3.63, 3.8) is 0 Å². The van der Waals surface area contributed by atoms with Crippen LogP contribution in [0.5, 0.6) is 0 Å². The van der Waals surface area contributed by atoms with Crippen molar-refractivity contribution in [3.05, 3.63) is 24.3 Å². The van der Waals surface area contributed by atoms with E-state index in [-0.39, 0.29) is 10.8 Å². The van der Waals surface area contributed by atoms with Crippen molar-refractivity contribution < 1.29 is 22.8 Å². The summed E-state index contributed by atoms with van der Waals surface area (Å²) < 4.78 is 27.0. The lowest BCUT2D eigenvalue weighted by Gasteiger charge is -2.26. The molecule has 0 radical (unpaired) electrons. The first-order valence-electron chi connectivity index (χ1n) is 9.72. The highest BCUT2D eigenvalue weighted by atomic mass is 32.2. The Balaban J connectivity index is 1.68. The van der Waals surface area contributed by atoms with Crippen molar-refractivity contribution in [2.45, 2.75) is 44.0 Å². The summed E-state index contributed by atoms with van der Waals surface area (Å²) in [4.78, 5) is 37.6. The Bertz CT molecular complexity index is 909. The number of rotatable bonds is 6. The van der Waals surface area contributed by atoms with E-state index < -0.39 is 40.5 Å². The Hall–Kier alpha value is -2.46. The van der Waals surface area contributed by atoms with E-state index >= 15 is 0 Å². The fourth-order valence-electron chi connectivity index (χ4n) is 3.47. The predicted molar refractivity (Wildman–Crippen MR) is 107 cm³/mol. The van der Waals surface area contributed by atoms with E-state index in [2.05, 4.69) is 10.6 Å². The summed E-state index contributed by atoms with van der Waals surface area (Å²) in [5.74, 6) is -1.11. The van der Waals surface area contributed by atoms with Crippen LogP contribution >= 0.6 is 0 Å². The van der Waals surface area contributed by atoms with Crippen LogP contribution in [0, 0.1) is 5.92 Å². The third-order valence-corrected chi connectivity index (χ3v) is 6.99. The van der Waals surface area contributed by atoms with E-state index in [4.69, 9.17) is 0 Å². The molecule has 2 N–H and O–H groups in total. The lowest BCUT2D eigenvalue weighted by Crippen LogP contribution is -2.39. The third kappa shape index (κ3) is 4.59. The monoisotopic (exact) mass is 422 g/mol. The highest BCUT2D eigenvalue weighted by Crippen LogP contribution is 2.23. The lowest BCUT2D eigenvalue weighted by molar-refractivity contribution is -0.131. The predicted octanol–water partition coefficient (Wildman–Crippen LogP) is 1.38. The average molecular weight is 423 g/mol. The molecule has 0 spiro atoms. The molecule has 4 amide bonds. The molecule has 1 unspecified atom stereocenters. The molecule has 2 heterocycles. The average Bonchev–Trinajstić information content (AvgIpc) is 2.97. The summed E-state index contributed by atoms with van der Waals surface area (Å²) in [5.41, 5.74) is 0.292. The van der Waals surface area contributed by atoms with Gasteiger partial charge in [0.1, 0.15) is 12.6 Å². The Morgan fingerprint density at radius 3 is 2.52 bits per heavy atom. The van der Waals surface area contributed by atoms with Gasteiger partial charge in [0, 0.05) is 18.8 Å².